The van der Waals surface area contributed by atoms with Crippen LogP contribution in [0.1, 0.15) is 239 Å². The van der Waals surface area contributed by atoms with Gasteiger partial charge in [-0.25, -0.2) is 0 Å². The number of allylic oxidation sites excluding steroid dienone is 1. The van der Waals surface area contributed by atoms with Crippen LogP contribution in [0, 0.1) is 0 Å². The van der Waals surface area contributed by atoms with Crippen molar-refractivity contribution in [2.45, 2.75) is 251 Å². The van der Waals surface area contributed by atoms with Crippen molar-refractivity contribution >= 4 is 5.91 Å². The summed E-state index contributed by atoms with van der Waals surface area (Å²) in [5.41, 5.74) is 0. The maximum absolute atomic E-state index is 12.3. The molecule has 45 heavy (non-hydrogen) atoms. The molecule has 0 bridgehead atoms. The Hall–Kier alpha value is -0.830. The zero-order valence-electron chi connectivity index (χ0n) is 31.2. The number of unbranched alkanes of at least 4 members (excludes halogenated alkanes) is 31. The Balaban J connectivity index is 3.41. The molecule has 0 aromatic heterocycles. The first-order valence-electron chi connectivity index (χ1n) is 20.8. The Morgan fingerprint density at radius 1 is 0.489 bits per heavy atom. The van der Waals surface area contributed by atoms with E-state index >= 15 is 0 Å². The summed E-state index contributed by atoms with van der Waals surface area (Å²) in [5, 5.41) is 13.4. The van der Waals surface area contributed by atoms with Gasteiger partial charge in [0.15, 0.2) is 0 Å². The normalized spacial score (nSPS) is 13.1. The standard InChI is InChI=1S/C42H83NO2/c1-4-6-8-10-12-14-16-18-19-20-21-22-23-24-25-27-29-31-33-35-37-39-42(45)43-40(3)41(44)38-36-34-32-30-28-26-17-15-13-11-9-7-5-2/h36,38,40-41,44H,4-35,37,39H2,1-3H3,(H,43,45)/b38-36+/t40-,41+/m1/s1. The summed E-state index contributed by atoms with van der Waals surface area (Å²) in [5.74, 6) is 0.0816. The highest BCUT2D eigenvalue weighted by Crippen LogP contribution is 2.16. The Morgan fingerprint density at radius 3 is 1.11 bits per heavy atom. The predicted octanol–water partition coefficient (Wildman–Crippen LogP) is 13.7. The fraction of sp³-hybridized carbons (Fsp3) is 0.929. The topological polar surface area (TPSA) is 49.3 Å². The first-order chi connectivity index (χ1) is 22.1. The molecule has 3 heteroatoms. The van der Waals surface area contributed by atoms with Gasteiger partial charge in [-0.2, -0.15) is 0 Å². The molecule has 0 heterocycles. The van der Waals surface area contributed by atoms with Crippen molar-refractivity contribution in [1.29, 1.82) is 0 Å². The van der Waals surface area contributed by atoms with E-state index in [2.05, 4.69) is 25.2 Å². The Labute approximate surface area is 284 Å². The summed E-state index contributed by atoms with van der Waals surface area (Å²) in [6.45, 7) is 6.48. The molecular weight excluding hydrogens is 550 g/mol. The largest absolute Gasteiger partial charge is 0.387 e. The van der Waals surface area contributed by atoms with E-state index in [1.165, 1.54) is 193 Å². The predicted molar refractivity (Wildman–Crippen MR) is 201 cm³/mol. The van der Waals surface area contributed by atoms with Gasteiger partial charge in [-0.3, -0.25) is 4.79 Å². The number of carbonyl (C=O) groups excluding carboxylic acids is 1. The van der Waals surface area contributed by atoms with Gasteiger partial charge in [-0.15, -0.1) is 0 Å². The van der Waals surface area contributed by atoms with E-state index < -0.39 is 6.10 Å². The van der Waals surface area contributed by atoms with Gasteiger partial charge in [-0.1, -0.05) is 219 Å². The number of amides is 1. The fourth-order valence-electron chi connectivity index (χ4n) is 6.46. The van der Waals surface area contributed by atoms with Crippen molar-refractivity contribution in [1.82, 2.24) is 5.32 Å². The lowest BCUT2D eigenvalue weighted by Crippen LogP contribution is -2.40. The minimum Gasteiger partial charge on any atom is -0.387 e. The van der Waals surface area contributed by atoms with Crippen LogP contribution in [0.3, 0.4) is 0 Å². The molecule has 0 radical (unpaired) electrons. The van der Waals surface area contributed by atoms with E-state index in [1.54, 1.807) is 0 Å². The van der Waals surface area contributed by atoms with Gasteiger partial charge in [0.2, 0.25) is 5.91 Å². The molecule has 0 aliphatic carbocycles. The second kappa shape index (κ2) is 37.6. The highest BCUT2D eigenvalue weighted by Gasteiger charge is 2.13. The summed E-state index contributed by atoms with van der Waals surface area (Å²) in [4.78, 5) is 12.3. The third-order valence-electron chi connectivity index (χ3n) is 9.72. The Bertz CT molecular complexity index is 604. The molecule has 0 aromatic rings. The first kappa shape index (κ1) is 44.2. The van der Waals surface area contributed by atoms with Crippen LogP contribution in [0.25, 0.3) is 0 Å². The number of carbonyl (C=O) groups is 1. The van der Waals surface area contributed by atoms with Gasteiger partial charge >= 0.3 is 0 Å². The lowest BCUT2D eigenvalue weighted by Gasteiger charge is -2.17. The molecule has 3 nitrogen and oxygen atoms in total. The first-order valence-corrected chi connectivity index (χ1v) is 20.8. The molecule has 0 saturated heterocycles. The van der Waals surface area contributed by atoms with Crippen LogP contribution in [0.5, 0.6) is 0 Å². The van der Waals surface area contributed by atoms with Crippen LogP contribution < -0.4 is 5.32 Å². The quantitative estimate of drug-likeness (QED) is 0.0528. The maximum Gasteiger partial charge on any atom is 0.220 e. The average molecular weight is 634 g/mol. The number of nitrogens with one attached hydrogen (secondary N) is 1. The fourth-order valence-corrected chi connectivity index (χ4v) is 6.46. The van der Waals surface area contributed by atoms with Crippen LogP contribution in [0.4, 0.5) is 0 Å². The van der Waals surface area contributed by atoms with Gasteiger partial charge in [0.25, 0.3) is 0 Å². The second-order valence-electron chi connectivity index (χ2n) is 14.4. The van der Waals surface area contributed by atoms with E-state index in [4.69, 9.17) is 0 Å². The number of aliphatic hydroxyl groups excluding tert-OH is 1. The molecule has 0 spiro atoms. The van der Waals surface area contributed by atoms with Crippen molar-refractivity contribution in [3.05, 3.63) is 12.2 Å². The van der Waals surface area contributed by atoms with Crippen molar-refractivity contribution in [2.24, 2.45) is 0 Å². The summed E-state index contributed by atoms with van der Waals surface area (Å²) < 4.78 is 0. The summed E-state index contributed by atoms with van der Waals surface area (Å²) in [6.07, 6.45) is 48.8. The number of hydrogen-bond acceptors (Lipinski definition) is 2. The molecule has 0 aliphatic heterocycles. The second-order valence-corrected chi connectivity index (χ2v) is 14.4. The molecule has 0 rings (SSSR count). The molecule has 1 amide bonds. The highest BCUT2D eigenvalue weighted by molar-refractivity contribution is 5.76. The molecule has 0 aliphatic rings. The molecule has 2 N–H and O–H groups in total. The SMILES string of the molecule is CCCCCCCCCCCCC/C=C/[C@H](O)[C@@H](C)NC(=O)CCCCCCCCCCCCCCCCCCCCCCC. The van der Waals surface area contributed by atoms with Gasteiger partial charge in [0.05, 0.1) is 12.1 Å². The molecule has 0 aromatic carbocycles. The number of aliphatic hydroxyl groups is 1. The zero-order valence-corrected chi connectivity index (χ0v) is 31.2. The van der Waals surface area contributed by atoms with Crippen LogP contribution in [-0.4, -0.2) is 23.2 Å². The maximum atomic E-state index is 12.3. The third-order valence-corrected chi connectivity index (χ3v) is 9.72. The van der Waals surface area contributed by atoms with Crippen molar-refractivity contribution in [2.75, 3.05) is 0 Å². The number of hydrogen-bond donors (Lipinski definition) is 2. The van der Waals surface area contributed by atoms with Crippen molar-refractivity contribution < 1.29 is 9.90 Å². The van der Waals surface area contributed by atoms with Crippen molar-refractivity contribution in [3.8, 4) is 0 Å². The van der Waals surface area contributed by atoms with Crippen LogP contribution in [0.2, 0.25) is 0 Å². The van der Waals surface area contributed by atoms with Crippen LogP contribution >= 0.6 is 0 Å². The van der Waals surface area contributed by atoms with Crippen molar-refractivity contribution in [3.63, 3.8) is 0 Å². The van der Waals surface area contributed by atoms with E-state index in [0.717, 1.165) is 19.3 Å². The van der Waals surface area contributed by atoms with Gasteiger partial charge < -0.3 is 10.4 Å². The minimum atomic E-state index is -0.596. The summed E-state index contributed by atoms with van der Waals surface area (Å²) in [7, 11) is 0. The van der Waals surface area contributed by atoms with Crippen LogP contribution in [-0.2, 0) is 4.79 Å². The number of rotatable bonds is 37. The molecule has 0 fully saturated rings. The molecule has 0 saturated carbocycles. The summed E-state index contributed by atoms with van der Waals surface area (Å²) in [6, 6.07) is -0.221. The lowest BCUT2D eigenvalue weighted by atomic mass is 10.0. The molecule has 268 valence electrons. The van der Waals surface area contributed by atoms with E-state index in [1.807, 2.05) is 13.0 Å². The molecule has 2 atom stereocenters. The zero-order chi connectivity index (χ0) is 32.9. The van der Waals surface area contributed by atoms with Gasteiger partial charge in [-0.05, 0) is 26.2 Å². The lowest BCUT2D eigenvalue weighted by molar-refractivity contribution is -0.122. The third kappa shape index (κ3) is 35.9. The smallest absolute Gasteiger partial charge is 0.220 e. The average Bonchev–Trinajstić information content (AvgIpc) is 3.03. The van der Waals surface area contributed by atoms with E-state index in [-0.39, 0.29) is 11.9 Å². The van der Waals surface area contributed by atoms with Gasteiger partial charge in [0.1, 0.15) is 0 Å². The Kier molecular flexibility index (Phi) is 36.9. The van der Waals surface area contributed by atoms with E-state index in [9.17, 15) is 9.90 Å². The van der Waals surface area contributed by atoms with Crippen LogP contribution in [0.15, 0.2) is 12.2 Å². The highest BCUT2D eigenvalue weighted by atomic mass is 16.3. The molecular formula is C42H83NO2. The van der Waals surface area contributed by atoms with E-state index in [0.29, 0.717) is 6.42 Å². The summed E-state index contributed by atoms with van der Waals surface area (Å²) >= 11 is 0. The minimum absolute atomic E-state index is 0.0816. The Morgan fingerprint density at radius 2 is 0.778 bits per heavy atom. The van der Waals surface area contributed by atoms with Gasteiger partial charge in [0, 0.05) is 6.42 Å². The molecule has 0 unspecified atom stereocenters. The monoisotopic (exact) mass is 634 g/mol.